The number of rotatable bonds is 3. The number of hydrogen-bond donors (Lipinski definition) is 2. The lowest BCUT2D eigenvalue weighted by Gasteiger charge is -2.44. The molecule has 0 spiro atoms. The Bertz CT molecular complexity index is 704. The highest BCUT2D eigenvalue weighted by molar-refractivity contribution is 7.18. The standard InChI is InChI=1S/C18H21N3OS/c19-14-10-16(13-4-2-1-3-5-13)23-17(14)18(22)20-15-11-21-8-6-12(15)7-9-21/h1-5,10,12,15H,6-9,11,19H2,(H,20,22)/t15-/m0/s1. The minimum atomic E-state index is -0.0200. The van der Waals surface area contributed by atoms with Crippen molar-refractivity contribution in [3.8, 4) is 10.4 Å². The Labute approximate surface area is 140 Å². The molecule has 0 aliphatic carbocycles. The number of anilines is 1. The fraction of sp³-hybridized carbons (Fsp3) is 0.389. The van der Waals surface area contributed by atoms with E-state index in [1.165, 1.54) is 37.3 Å². The van der Waals surface area contributed by atoms with Crippen molar-refractivity contribution in [1.82, 2.24) is 10.2 Å². The first-order chi connectivity index (χ1) is 11.2. The summed E-state index contributed by atoms with van der Waals surface area (Å²) in [6, 6.07) is 12.2. The second-order valence-corrected chi connectivity index (χ2v) is 7.53. The van der Waals surface area contributed by atoms with Gasteiger partial charge in [-0.05, 0) is 43.5 Å². The molecule has 1 atom stereocenters. The molecular formula is C18H21N3OS. The number of piperidine rings is 3. The molecule has 0 radical (unpaired) electrons. The maximum atomic E-state index is 12.7. The number of carbonyl (C=O) groups excluding carboxylic acids is 1. The summed E-state index contributed by atoms with van der Waals surface area (Å²) in [5.41, 5.74) is 7.78. The SMILES string of the molecule is Nc1cc(-c2ccccc2)sc1C(=O)N[C@H]1CN2CCC1CC2. The molecule has 3 fully saturated rings. The number of nitrogen functional groups attached to an aromatic ring is 1. The molecule has 3 N–H and O–H groups in total. The zero-order valence-corrected chi connectivity index (χ0v) is 13.8. The molecule has 3 aliphatic rings. The van der Waals surface area contributed by atoms with Gasteiger partial charge in [-0.15, -0.1) is 11.3 Å². The average Bonchev–Trinajstić information content (AvgIpc) is 2.99. The monoisotopic (exact) mass is 327 g/mol. The molecule has 5 heteroatoms. The van der Waals surface area contributed by atoms with Crippen LogP contribution in [0.15, 0.2) is 36.4 Å². The number of amides is 1. The number of nitrogens with two attached hydrogens (primary N) is 1. The van der Waals surface area contributed by atoms with Gasteiger partial charge in [0.2, 0.25) is 0 Å². The Morgan fingerprint density at radius 1 is 1.22 bits per heavy atom. The van der Waals surface area contributed by atoms with E-state index in [1.807, 2.05) is 36.4 Å². The minimum Gasteiger partial charge on any atom is -0.397 e. The summed E-state index contributed by atoms with van der Waals surface area (Å²) in [4.78, 5) is 16.8. The van der Waals surface area contributed by atoms with Gasteiger partial charge in [0.25, 0.3) is 5.91 Å². The zero-order chi connectivity index (χ0) is 15.8. The van der Waals surface area contributed by atoms with Crippen LogP contribution in [0, 0.1) is 5.92 Å². The Morgan fingerprint density at radius 3 is 2.61 bits per heavy atom. The number of nitrogens with one attached hydrogen (secondary N) is 1. The third-order valence-corrected chi connectivity index (χ3v) is 6.20. The quantitative estimate of drug-likeness (QED) is 0.911. The van der Waals surface area contributed by atoms with E-state index in [0.717, 1.165) is 17.0 Å². The van der Waals surface area contributed by atoms with E-state index >= 15 is 0 Å². The van der Waals surface area contributed by atoms with Crippen LogP contribution >= 0.6 is 11.3 Å². The highest BCUT2D eigenvalue weighted by Crippen LogP contribution is 2.34. The topological polar surface area (TPSA) is 58.4 Å². The Hall–Kier alpha value is -1.85. The molecule has 3 aliphatic heterocycles. The van der Waals surface area contributed by atoms with E-state index in [-0.39, 0.29) is 11.9 Å². The first-order valence-corrected chi connectivity index (χ1v) is 9.00. The molecule has 1 aromatic carbocycles. The third kappa shape index (κ3) is 2.86. The van der Waals surface area contributed by atoms with Gasteiger partial charge in [0.15, 0.2) is 0 Å². The van der Waals surface area contributed by atoms with E-state index in [0.29, 0.717) is 16.5 Å². The second-order valence-electron chi connectivity index (χ2n) is 6.48. The van der Waals surface area contributed by atoms with E-state index in [4.69, 9.17) is 5.73 Å². The molecule has 5 rings (SSSR count). The van der Waals surface area contributed by atoms with E-state index in [1.54, 1.807) is 0 Å². The predicted molar refractivity (Wildman–Crippen MR) is 94.6 cm³/mol. The van der Waals surface area contributed by atoms with Gasteiger partial charge in [0.05, 0.1) is 5.69 Å². The van der Waals surface area contributed by atoms with Crippen molar-refractivity contribution >= 4 is 22.9 Å². The van der Waals surface area contributed by atoms with Gasteiger partial charge in [0, 0.05) is 17.5 Å². The third-order valence-electron chi connectivity index (χ3n) is 5.00. The molecule has 2 bridgehead atoms. The van der Waals surface area contributed by atoms with Crippen molar-refractivity contribution in [1.29, 1.82) is 0 Å². The first kappa shape index (κ1) is 14.7. The van der Waals surface area contributed by atoms with Crippen LogP contribution in [0.5, 0.6) is 0 Å². The molecule has 0 unspecified atom stereocenters. The van der Waals surface area contributed by atoms with Gasteiger partial charge < -0.3 is 16.0 Å². The highest BCUT2D eigenvalue weighted by atomic mass is 32.1. The van der Waals surface area contributed by atoms with Crippen molar-refractivity contribution < 1.29 is 4.79 Å². The van der Waals surface area contributed by atoms with Crippen LogP contribution in [0.25, 0.3) is 10.4 Å². The summed E-state index contributed by atoms with van der Waals surface area (Å²) >= 11 is 1.48. The van der Waals surface area contributed by atoms with Crippen LogP contribution in [0.1, 0.15) is 22.5 Å². The number of benzene rings is 1. The number of thiophene rings is 1. The highest BCUT2D eigenvalue weighted by Gasteiger charge is 2.35. The van der Waals surface area contributed by atoms with Crippen LogP contribution in [0.2, 0.25) is 0 Å². The molecule has 2 aromatic rings. The molecule has 1 amide bonds. The van der Waals surface area contributed by atoms with Gasteiger partial charge in [-0.1, -0.05) is 30.3 Å². The molecule has 1 aromatic heterocycles. The molecular weight excluding hydrogens is 306 g/mol. The number of fused-ring (bicyclic) bond motifs is 3. The van der Waals surface area contributed by atoms with Gasteiger partial charge in [0.1, 0.15) is 4.88 Å². The van der Waals surface area contributed by atoms with Crippen LogP contribution in [0.3, 0.4) is 0 Å². The van der Waals surface area contributed by atoms with Gasteiger partial charge >= 0.3 is 0 Å². The predicted octanol–water partition coefficient (Wildman–Crippen LogP) is 2.82. The maximum absolute atomic E-state index is 12.7. The molecule has 23 heavy (non-hydrogen) atoms. The van der Waals surface area contributed by atoms with E-state index in [2.05, 4.69) is 10.2 Å². The summed E-state index contributed by atoms with van der Waals surface area (Å²) in [5.74, 6) is 0.604. The van der Waals surface area contributed by atoms with Crippen molar-refractivity contribution in [3.63, 3.8) is 0 Å². The molecule has 3 saturated heterocycles. The van der Waals surface area contributed by atoms with E-state index in [9.17, 15) is 4.79 Å². The lowest BCUT2D eigenvalue weighted by molar-refractivity contribution is 0.0623. The number of hydrogen-bond acceptors (Lipinski definition) is 4. The number of carbonyl (C=O) groups is 1. The molecule has 4 heterocycles. The fourth-order valence-electron chi connectivity index (χ4n) is 3.69. The van der Waals surface area contributed by atoms with Gasteiger partial charge in [-0.3, -0.25) is 4.79 Å². The minimum absolute atomic E-state index is 0.0200. The Balaban J connectivity index is 1.52. The van der Waals surface area contributed by atoms with Crippen LogP contribution < -0.4 is 11.1 Å². The van der Waals surface area contributed by atoms with Crippen molar-refractivity contribution in [3.05, 3.63) is 41.3 Å². The van der Waals surface area contributed by atoms with Gasteiger partial charge in [-0.2, -0.15) is 0 Å². The van der Waals surface area contributed by atoms with Crippen LogP contribution in [-0.4, -0.2) is 36.5 Å². The normalized spacial score (nSPS) is 26.2. The summed E-state index contributed by atoms with van der Waals surface area (Å²) < 4.78 is 0. The number of nitrogens with zero attached hydrogens (tertiary/aromatic N) is 1. The summed E-state index contributed by atoms with van der Waals surface area (Å²) in [6.07, 6.45) is 2.39. The average molecular weight is 327 g/mol. The van der Waals surface area contributed by atoms with Gasteiger partial charge in [-0.25, -0.2) is 0 Å². The fourth-order valence-corrected chi connectivity index (χ4v) is 4.68. The Kier molecular flexibility index (Phi) is 3.83. The lowest BCUT2D eigenvalue weighted by atomic mass is 9.84. The van der Waals surface area contributed by atoms with Crippen molar-refractivity contribution in [2.75, 3.05) is 25.4 Å². The molecule has 0 saturated carbocycles. The van der Waals surface area contributed by atoms with E-state index < -0.39 is 0 Å². The van der Waals surface area contributed by atoms with Crippen LogP contribution in [-0.2, 0) is 0 Å². The summed E-state index contributed by atoms with van der Waals surface area (Å²) in [6.45, 7) is 3.33. The molecule has 4 nitrogen and oxygen atoms in total. The van der Waals surface area contributed by atoms with Crippen molar-refractivity contribution in [2.45, 2.75) is 18.9 Å². The summed E-state index contributed by atoms with van der Waals surface area (Å²) in [5, 5.41) is 3.22. The Morgan fingerprint density at radius 2 is 1.96 bits per heavy atom. The zero-order valence-electron chi connectivity index (χ0n) is 13.0. The lowest BCUT2D eigenvalue weighted by Crippen LogP contribution is -2.57. The largest absolute Gasteiger partial charge is 0.397 e. The van der Waals surface area contributed by atoms with Crippen LogP contribution in [0.4, 0.5) is 5.69 Å². The van der Waals surface area contributed by atoms with Crippen molar-refractivity contribution in [2.24, 2.45) is 5.92 Å². The first-order valence-electron chi connectivity index (χ1n) is 8.18. The maximum Gasteiger partial charge on any atom is 0.263 e. The smallest absolute Gasteiger partial charge is 0.263 e. The molecule has 120 valence electrons. The second kappa shape index (κ2) is 5.98. The summed E-state index contributed by atoms with van der Waals surface area (Å²) in [7, 11) is 0.